The number of thiophene rings is 1. The Bertz CT molecular complexity index is 262. The second-order valence-corrected chi connectivity index (χ2v) is 7.25. The molecule has 3 heteroatoms. The van der Waals surface area contributed by atoms with Crippen molar-refractivity contribution in [2.45, 2.75) is 37.4 Å². The molecule has 86 valence electrons. The van der Waals surface area contributed by atoms with Crippen molar-refractivity contribution in [2.24, 2.45) is 5.92 Å². The molecule has 0 amide bonds. The van der Waals surface area contributed by atoms with Crippen LogP contribution in [0, 0.1) is 5.92 Å². The first-order chi connectivity index (χ1) is 6.97. The van der Waals surface area contributed by atoms with Crippen molar-refractivity contribution in [3.63, 3.8) is 0 Å². The fourth-order valence-corrected chi connectivity index (χ4v) is 2.94. The molecule has 1 heterocycles. The third-order valence-electron chi connectivity index (χ3n) is 1.99. The Morgan fingerprint density at radius 3 is 2.73 bits per heavy atom. The molecule has 15 heavy (non-hydrogen) atoms. The van der Waals surface area contributed by atoms with E-state index < -0.39 is 0 Å². The van der Waals surface area contributed by atoms with Crippen molar-refractivity contribution in [1.82, 2.24) is 5.32 Å². The van der Waals surface area contributed by atoms with Gasteiger partial charge in [0.2, 0.25) is 0 Å². The predicted molar refractivity (Wildman–Crippen MR) is 72.0 cm³/mol. The quantitative estimate of drug-likeness (QED) is 0.788. The molecule has 0 bridgehead atoms. The molecule has 1 atom stereocenters. The summed E-state index contributed by atoms with van der Waals surface area (Å²) in [5.74, 6) is 1.92. The topological polar surface area (TPSA) is 12.0 Å². The van der Waals surface area contributed by atoms with Crippen molar-refractivity contribution >= 4 is 23.1 Å². The van der Waals surface area contributed by atoms with Gasteiger partial charge in [-0.1, -0.05) is 13.0 Å². The van der Waals surface area contributed by atoms with E-state index in [1.54, 1.807) is 0 Å². The van der Waals surface area contributed by atoms with Crippen molar-refractivity contribution in [3.8, 4) is 0 Å². The lowest BCUT2D eigenvalue weighted by molar-refractivity contribution is 0.395. The van der Waals surface area contributed by atoms with Crippen LogP contribution in [0.2, 0.25) is 0 Å². The van der Waals surface area contributed by atoms with Gasteiger partial charge in [0, 0.05) is 11.3 Å². The minimum atomic E-state index is 0.238. The van der Waals surface area contributed by atoms with E-state index >= 15 is 0 Å². The van der Waals surface area contributed by atoms with Crippen LogP contribution in [0.5, 0.6) is 0 Å². The largest absolute Gasteiger partial charge is 0.312 e. The number of hydrogen-bond acceptors (Lipinski definition) is 3. The lowest BCUT2D eigenvalue weighted by atomic mass is 10.1. The van der Waals surface area contributed by atoms with E-state index in [9.17, 15) is 0 Å². The van der Waals surface area contributed by atoms with Crippen LogP contribution < -0.4 is 5.32 Å². The molecule has 1 aromatic heterocycles. The zero-order valence-corrected chi connectivity index (χ0v) is 11.7. The molecule has 1 unspecified atom stereocenters. The molecule has 0 aliphatic carbocycles. The summed E-state index contributed by atoms with van der Waals surface area (Å²) in [5.41, 5.74) is 0.238. The molecular weight excluding hydrogens is 222 g/mol. The first kappa shape index (κ1) is 13.1. The highest BCUT2D eigenvalue weighted by molar-refractivity contribution is 8.01. The Hall–Kier alpha value is 0.01000. The van der Waals surface area contributed by atoms with Crippen LogP contribution in [0.3, 0.4) is 0 Å². The van der Waals surface area contributed by atoms with Gasteiger partial charge < -0.3 is 5.32 Å². The summed E-state index contributed by atoms with van der Waals surface area (Å²) in [6.07, 6.45) is 0. The van der Waals surface area contributed by atoms with Crippen LogP contribution in [0.4, 0.5) is 0 Å². The monoisotopic (exact) mass is 243 g/mol. The molecule has 0 aliphatic rings. The zero-order valence-electron chi connectivity index (χ0n) is 10.0. The summed E-state index contributed by atoms with van der Waals surface area (Å²) in [4.78, 5) is 0. The number of thioether (sulfide) groups is 1. The van der Waals surface area contributed by atoms with Gasteiger partial charge in [-0.15, -0.1) is 23.1 Å². The van der Waals surface area contributed by atoms with E-state index in [2.05, 4.69) is 50.5 Å². The maximum Gasteiger partial charge on any atom is 0.0598 e. The van der Waals surface area contributed by atoms with E-state index in [0.717, 1.165) is 12.5 Å². The van der Waals surface area contributed by atoms with Crippen LogP contribution in [0.25, 0.3) is 0 Å². The summed E-state index contributed by atoms with van der Waals surface area (Å²) in [6, 6.07) is 4.31. The minimum absolute atomic E-state index is 0.238. The smallest absolute Gasteiger partial charge is 0.0598 e. The third-order valence-corrected chi connectivity index (χ3v) is 4.45. The molecular formula is C12H21NS2. The molecule has 0 spiro atoms. The molecule has 0 fully saturated rings. The molecule has 0 aliphatic heterocycles. The van der Waals surface area contributed by atoms with Crippen molar-refractivity contribution in [2.75, 3.05) is 12.3 Å². The Kier molecular flexibility index (Phi) is 5.16. The molecule has 0 radical (unpaired) electrons. The molecule has 1 aromatic rings. The Labute approximate surface area is 102 Å². The minimum Gasteiger partial charge on any atom is -0.312 e. The van der Waals surface area contributed by atoms with Gasteiger partial charge in [0.1, 0.15) is 0 Å². The highest BCUT2D eigenvalue weighted by atomic mass is 32.2. The lowest BCUT2D eigenvalue weighted by Gasteiger charge is -2.23. The molecule has 1 nitrogen and oxygen atoms in total. The van der Waals surface area contributed by atoms with Gasteiger partial charge in [0.25, 0.3) is 0 Å². The zero-order chi connectivity index (χ0) is 11.3. The Morgan fingerprint density at radius 1 is 1.47 bits per heavy atom. The van der Waals surface area contributed by atoms with Crippen LogP contribution in [-0.4, -0.2) is 17.8 Å². The fraction of sp³-hybridized carbons (Fsp3) is 0.667. The summed E-state index contributed by atoms with van der Waals surface area (Å²) in [5, 5.41) is 5.68. The normalized spacial score (nSPS) is 14.1. The second-order valence-electron chi connectivity index (χ2n) is 4.98. The van der Waals surface area contributed by atoms with E-state index in [-0.39, 0.29) is 5.54 Å². The van der Waals surface area contributed by atoms with Gasteiger partial charge in [-0.05, 0) is 44.7 Å². The average molecular weight is 243 g/mol. The highest BCUT2D eigenvalue weighted by Gasteiger charge is 2.11. The van der Waals surface area contributed by atoms with Crippen LogP contribution in [-0.2, 0) is 0 Å². The maximum absolute atomic E-state index is 3.54. The number of nitrogens with one attached hydrogen (secondary N) is 1. The molecule has 0 saturated heterocycles. The maximum atomic E-state index is 3.54. The van der Waals surface area contributed by atoms with Gasteiger partial charge in [-0.2, -0.15) is 0 Å². The SMILES string of the molecule is CC(CNC(C)(C)C)CSc1cccs1. The van der Waals surface area contributed by atoms with Crippen LogP contribution in [0.1, 0.15) is 27.7 Å². The summed E-state index contributed by atoms with van der Waals surface area (Å²) >= 11 is 3.80. The second kappa shape index (κ2) is 5.92. The third kappa shape index (κ3) is 6.23. The standard InChI is InChI=1S/C12H21NS2/c1-10(8-13-12(2,3)4)9-15-11-6-5-7-14-11/h5-7,10,13H,8-9H2,1-4H3. The van der Waals surface area contributed by atoms with Gasteiger partial charge in [0.05, 0.1) is 4.21 Å². The first-order valence-corrected chi connectivity index (χ1v) is 7.25. The van der Waals surface area contributed by atoms with Gasteiger partial charge >= 0.3 is 0 Å². The fourth-order valence-electron chi connectivity index (χ4n) is 1.11. The van der Waals surface area contributed by atoms with E-state index in [1.165, 1.54) is 9.96 Å². The van der Waals surface area contributed by atoms with E-state index in [4.69, 9.17) is 0 Å². The average Bonchev–Trinajstić information content (AvgIpc) is 2.62. The molecule has 0 aromatic carbocycles. The lowest BCUT2D eigenvalue weighted by Crippen LogP contribution is -2.39. The van der Waals surface area contributed by atoms with E-state index in [0.29, 0.717) is 0 Å². The van der Waals surface area contributed by atoms with Crippen LogP contribution in [0.15, 0.2) is 21.7 Å². The van der Waals surface area contributed by atoms with Crippen molar-refractivity contribution in [1.29, 1.82) is 0 Å². The molecule has 0 saturated carbocycles. The van der Waals surface area contributed by atoms with Gasteiger partial charge in [0.15, 0.2) is 0 Å². The number of rotatable bonds is 5. The van der Waals surface area contributed by atoms with Gasteiger partial charge in [-0.3, -0.25) is 0 Å². The summed E-state index contributed by atoms with van der Waals surface area (Å²) < 4.78 is 1.43. The predicted octanol–water partition coefficient (Wildman–Crippen LogP) is 3.86. The summed E-state index contributed by atoms with van der Waals surface area (Å²) in [7, 11) is 0. The first-order valence-electron chi connectivity index (χ1n) is 5.39. The van der Waals surface area contributed by atoms with Gasteiger partial charge in [-0.25, -0.2) is 0 Å². The van der Waals surface area contributed by atoms with E-state index in [1.807, 2.05) is 23.1 Å². The Balaban J connectivity index is 2.16. The Morgan fingerprint density at radius 2 is 2.20 bits per heavy atom. The molecule has 1 rings (SSSR count). The van der Waals surface area contributed by atoms with Crippen LogP contribution >= 0.6 is 23.1 Å². The van der Waals surface area contributed by atoms with Crippen molar-refractivity contribution < 1.29 is 0 Å². The number of hydrogen-bond donors (Lipinski definition) is 1. The summed E-state index contributed by atoms with van der Waals surface area (Å²) in [6.45, 7) is 10.0. The molecule has 1 N–H and O–H groups in total. The highest BCUT2D eigenvalue weighted by Crippen LogP contribution is 2.25. The van der Waals surface area contributed by atoms with Crippen molar-refractivity contribution in [3.05, 3.63) is 17.5 Å².